The number of nitrogens with zero attached hydrogens (tertiary/aromatic N) is 4. The van der Waals surface area contributed by atoms with E-state index in [0.29, 0.717) is 39.5 Å². The van der Waals surface area contributed by atoms with Crippen molar-refractivity contribution in [3.05, 3.63) is 108 Å². The Labute approximate surface area is 220 Å². The molecule has 4 aromatic rings. The molecule has 0 aliphatic rings. The van der Waals surface area contributed by atoms with Crippen molar-refractivity contribution in [1.82, 2.24) is 9.66 Å². The normalized spacial score (nSPS) is 11.3. The van der Waals surface area contributed by atoms with Gasteiger partial charge in [0.2, 0.25) is 0 Å². The van der Waals surface area contributed by atoms with E-state index in [1.54, 1.807) is 24.3 Å². The van der Waals surface area contributed by atoms with Gasteiger partial charge in [0, 0.05) is 33.6 Å². The number of hydrogen-bond acceptors (Lipinski definition) is 6. The fourth-order valence-corrected chi connectivity index (χ4v) is 4.04. The lowest BCUT2D eigenvalue weighted by Crippen LogP contribution is -2.22. The molecule has 0 unspecified atom stereocenters. The summed E-state index contributed by atoms with van der Waals surface area (Å²) < 4.78 is 7.94. The number of rotatable bonds is 9. The Morgan fingerprint density at radius 3 is 2.67 bits per heavy atom. The first-order valence-corrected chi connectivity index (χ1v) is 12.4. The van der Waals surface area contributed by atoms with Crippen LogP contribution in [0.1, 0.15) is 36.7 Å². The van der Waals surface area contributed by atoms with Gasteiger partial charge in [0.05, 0.1) is 22.0 Å². The van der Waals surface area contributed by atoms with Crippen molar-refractivity contribution in [2.75, 3.05) is 0 Å². The van der Waals surface area contributed by atoms with Crippen LogP contribution < -0.4 is 10.3 Å². The number of aromatic nitrogens is 2. The van der Waals surface area contributed by atoms with Crippen LogP contribution in [0.2, 0.25) is 5.02 Å². The van der Waals surface area contributed by atoms with Crippen molar-refractivity contribution in [1.29, 1.82) is 0 Å². The first-order chi connectivity index (χ1) is 17.4. The molecule has 8 nitrogen and oxygen atoms in total. The molecule has 184 valence electrons. The molecule has 0 spiro atoms. The van der Waals surface area contributed by atoms with Gasteiger partial charge in [-0.3, -0.25) is 14.9 Å². The molecule has 0 atom stereocenters. The summed E-state index contributed by atoms with van der Waals surface area (Å²) in [6.45, 7) is 2.28. The lowest BCUT2D eigenvalue weighted by atomic mass is 10.2. The Morgan fingerprint density at radius 1 is 1.17 bits per heavy atom. The van der Waals surface area contributed by atoms with Crippen LogP contribution >= 0.6 is 27.5 Å². The number of hydrogen-bond donors (Lipinski definition) is 0. The Morgan fingerprint density at radius 2 is 1.94 bits per heavy atom. The molecule has 4 rings (SSSR count). The average molecular weight is 570 g/mol. The van der Waals surface area contributed by atoms with Gasteiger partial charge in [-0.1, -0.05) is 53.0 Å². The number of halogens is 2. The van der Waals surface area contributed by atoms with Gasteiger partial charge in [-0.25, -0.2) is 4.98 Å². The van der Waals surface area contributed by atoms with Gasteiger partial charge in [-0.2, -0.15) is 9.78 Å². The summed E-state index contributed by atoms with van der Waals surface area (Å²) in [5.74, 6) is 0.904. The van der Waals surface area contributed by atoms with Crippen LogP contribution in [0.15, 0.2) is 75.0 Å². The van der Waals surface area contributed by atoms with Crippen molar-refractivity contribution in [3.63, 3.8) is 0 Å². The maximum absolute atomic E-state index is 13.3. The molecule has 0 fully saturated rings. The van der Waals surface area contributed by atoms with Crippen LogP contribution in [-0.4, -0.2) is 20.8 Å². The minimum atomic E-state index is -0.492. The standard InChI is InChI=1S/C26H22BrClN4O4/c1-2-3-4-25-30-23-11-7-19(27)14-22(23)26(33)31(25)29-15-18-13-21(32(34)35)10-12-24(18)36-16-17-5-8-20(28)9-6-17/h5-15H,2-4,16H2,1H3. The summed E-state index contributed by atoms with van der Waals surface area (Å²) >= 11 is 9.34. The molecule has 0 radical (unpaired) electrons. The monoisotopic (exact) mass is 568 g/mol. The van der Waals surface area contributed by atoms with Crippen molar-refractivity contribution in [2.45, 2.75) is 32.8 Å². The Kier molecular flexibility index (Phi) is 8.12. The predicted octanol–water partition coefficient (Wildman–Crippen LogP) is 6.52. The number of ether oxygens (including phenoxy) is 1. The molecule has 36 heavy (non-hydrogen) atoms. The highest BCUT2D eigenvalue weighted by atomic mass is 79.9. The number of benzene rings is 3. The molecular formula is C26H22BrClN4O4. The van der Waals surface area contributed by atoms with Crippen molar-refractivity contribution in [2.24, 2.45) is 5.10 Å². The summed E-state index contributed by atoms with van der Waals surface area (Å²) in [6.07, 6.45) is 3.71. The summed E-state index contributed by atoms with van der Waals surface area (Å²) in [6, 6.07) is 16.7. The molecule has 0 saturated carbocycles. The minimum Gasteiger partial charge on any atom is -0.488 e. The summed E-state index contributed by atoms with van der Waals surface area (Å²) in [4.78, 5) is 28.9. The van der Waals surface area contributed by atoms with Gasteiger partial charge in [0.1, 0.15) is 18.2 Å². The smallest absolute Gasteiger partial charge is 0.282 e. The fraction of sp³-hybridized carbons (Fsp3) is 0.192. The van der Waals surface area contributed by atoms with E-state index in [1.807, 2.05) is 18.2 Å². The van der Waals surface area contributed by atoms with Gasteiger partial charge >= 0.3 is 0 Å². The summed E-state index contributed by atoms with van der Waals surface area (Å²) in [5.41, 5.74) is 1.39. The van der Waals surface area contributed by atoms with Gasteiger partial charge < -0.3 is 4.74 Å². The van der Waals surface area contributed by atoms with E-state index in [0.717, 1.165) is 22.9 Å². The quantitative estimate of drug-likeness (QED) is 0.130. The maximum Gasteiger partial charge on any atom is 0.282 e. The van der Waals surface area contributed by atoms with Gasteiger partial charge in [-0.15, -0.1) is 0 Å². The second kappa shape index (κ2) is 11.5. The molecule has 3 aromatic carbocycles. The molecule has 0 aliphatic heterocycles. The molecule has 0 amide bonds. The van der Waals surface area contributed by atoms with Crippen LogP contribution in [0, 0.1) is 10.1 Å². The van der Waals surface area contributed by atoms with Crippen molar-refractivity contribution in [3.8, 4) is 5.75 Å². The molecule has 0 aliphatic carbocycles. The Bertz CT molecular complexity index is 1500. The van der Waals surface area contributed by atoms with E-state index in [4.69, 9.17) is 16.3 Å². The topological polar surface area (TPSA) is 99.6 Å². The third-order valence-electron chi connectivity index (χ3n) is 5.45. The van der Waals surface area contributed by atoms with Crippen LogP contribution in [0.3, 0.4) is 0 Å². The predicted molar refractivity (Wildman–Crippen MR) is 144 cm³/mol. The molecule has 0 saturated heterocycles. The lowest BCUT2D eigenvalue weighted by molar-refractivity contribution is -0.384. The van der Waals surface area contributed by atoms with Crippen LogP contribution in [-0.2, 0) is 13.0 Å². The van der Waals surface area contributed by atoms with Crippen LogP contribution in [0.25, 0.3) is 10.9 Å². The van der Waals surface area contributed by atoms with Gasteiger partial charge in [0.25, 0.3) is 11.2 Å². The van der Waals surface area contributed by atoms with E-state index in [9.17, 15) is 14.9 Å². The van der Waals surface area contributed by atoms with Gasteiger partial charge in [0.15, 0.2) is 0 Å². The van der Waals surface area contributed by atoms with E-state index < -0.39 is 4.92 Å². The zero-order chi connectivity index (χ0) is 25.7. The lowest BCUT2D eigenvalue weighted by Gasteiger charge is -2.11. The van der Waals surface area contributed by atoms with E-state index in [-0.39, 0.29) is 17.9 Å². The largest absolute Gasteiger partial charge is 0.488 e. The third kappa shape index (κ3) is 5.98. The van der Waals surface area contributed by atoms with Crippen molar-refractivity contribution < 1.29 is 9.66 Å². The number of nitro groups is 1. The molecular weight excluding hydrogens is 548 g/mol. The molecule has 1 aromatic heterocycles. The molecule has 10 heteroatoms. The third-order valence-corrected chi connectivity index (χ3v) is 6.20. The Balaban J connectivity index is 1.75. The molecule has 0 N–H and O–H groups in total. The fourth-order valence-electron chi connectivity index (χ4n) is 3.55. The molecule has 0 bridgehead atoms. The maximum atomic E-state index is 13.3. The number of non-ortho nitro benzene ring substituents is 1. The SMILES string of the molecule is CCCCc1nc2ccc(Br)cc2c(=O)n1N=Cc1cc([N+](=O)[O-])ccc1OCc1ccc(Cl)cc1. The van der Waals surface area contributed by atoms with E-state index in [2.05, 4.69) is 32.9 Å². The molecule has 1 heterocycles. The zero-order valence-electron chi connectivity index (χ0n) is 19.4. The number of nitro benzene ring substituents is 1. The van der Waals surface area contributed by atoms with Gasteiger partial charge in [-0.05, 0) is 48.4 Å². The highest BCUT2D eigenvalue weighted by Crippen LogP contribution is 2.24. The zero-order valence-corrected chi connectivity index (χ0v) is 21.7. The van der Waals surface area contributed by atoms with Crippen molar-refractivity contribution >= 4 is 50.3 Å². The highest BCUT2D eigenvalue weighted by Gasteiger charge is 2.14. The number of fused-ring (bicyclic) bond motifs is 1. The van der Waals surface area contributed by atoms with Crippen LogP contribution in [0.5, 0.6) is 5.75 Å². The second-order valence-corrected chi connectivity index (χ2v) is 9.40. The van der Waals surface area contributed by atoms with E-state index >= 15 is 0 Å². The summed E-state index contributed by atoms with van der Waals surface area (Å²) in [7, 11) is 0. The Hall–Kier alpha value is -3.56. The minimum absolute atomic E-state index is 0.116. The highest BCUT2D eigenvalue weighted by molar-refractivity contribution is 9.10. The van der Waals surface area contributed by atoms with Crippen LogP contribution in [0.4, 0.5) is 5.69 Å². The second-order valence-electron chi connectivity index (χ2n) is 8.05. The number of unbranched alkanes of at least 4 members (excludes halogenated alkanes) is 1. The summed E-state index contributed by atoms with van der Waals surface area (Å²) in [5, 5.41) is 16.8. The van der Waals surface area contributed by atoms with E-state index in [1.165, 1.54) is 29.1 Å². The first-order valence-electron chi connectivity index (χ1n) is 11.3. The average Bonchev–Trinajstić information content (AvgIpc) is 2.87. The number of aryl methyl sites for hydroxylation is 1. The first kappa shape index (κ1) is 25.5.